The fraction of sp³-hybridized carbons (Fsp3) is 0.167. The van der Waals surface area contributed by atoms with Gasteiger partial charge in [0.15, 0.2) is 0 Å². The Hall–Kier alpha value is -2.80. The number of hydrogen-bond donors (Lipinski definition) is 0. The molecule has 0 spiro atoms. The molecule has 0 amide bonds. The molecule has 0 N–H and O–H groups in total. The van der Waals surface area contributed by atoms with Crippen molar-refractivity contribution in [3.05, 3.63) is 102 Å². The van der Waals surface area contributed by atoms with Gasteiger partial charge < -0.3 is 4.53 Å². The highest BCUT2D eigenvalue weighted by atomic mass is 28.4. The van der Waals surface area contributed by atoms with Gasteiger partial charge in [-0.3, -0.25) is 0 Å². The van der Waals surface area contributed by atoms with E-state index < -0.39 is 8.32 Å². The second-order valence-corrected chi connectivity index (χ2v) is 11.7. The maximum absolute atomic E-state index is 6.50. The van der Waals surface area contributed by atoms with E-state index >= 15 is 0 Å². The molecule has 1 atom stereocenters. The molecule has 0 bridgehead atoms. The second kappa shape index (κ2) is 8.72. The van der Waals surface area contributed by atoms with E-state index in [0.29, 0.717) is 0 Å². The minimum absolute atomic E-state index is 0.194. The van der Waals surface area contributed by atoms with Crippen molar-refractivity contribution in [2.24, 2.45) is 0 Å². The Balaban J connectivity index is 2.07. The number of anilines is 1. The van der Waals surface area contributed by atoms with Crippen LogP contribution in [0.1, 0.15) is 17.2 Å². The number of hydroxylamine groups is 1. The largest absolute Gasteiger partial charge is 0.319 e. The molecule has 0 fully saturated rings. The average Bonchev–Trinajstić information content (AvgIpc) is 2.69. The number of para-hydroxylation sites is 1. The predicted molar refractivity (Wildman–Crippen MR) is 116 cm³/mol. The topological polar surface area (TPSA) is 12.5 Å². The van der Waals surface area contributed by atoms with E-state index in [2.05, 4.69) is 55.7 Å². The minimum atomic E-state index is -1.85. The van der Waals surface area contributed by atoms with E-state index in [4.69, 9.17) is 4.53 Å². The predicted octanol–water partition coefficient (Wildman–Crippen LogP) is 6.05. The first kappa shape index (κ1) is 19.0. The Morgan fingerprint density at radius 1 is 0.741 bits per heavy atom. The lowest BCUT2D eigenvalue weighted by atomic mass is 10.1. The van der Waals surface area contributed by atoms with Crippen LogP contribution in [0.15, 0.2) is 91.0 Å². The Morgan fingerprint density at radius 3 is 1.81 bits per heavy atom. The normalized spacial score (nSPS) is 12.0. The third-order valence-electron chi connectivity index (χ3n) is 3.86. The van der Waals surface area contributed by atoms with E-state index in [1.54, 1.807) is 0 Å². The highest BCUT2D eigenvalue weighted by Crippen LogP contribution is 2.29. The Bertz CT molecular complexity index is 893. The van der Waals surface area contributed by atoms with Crippen LogP contribution in [0.2, 0.25) is 19.6 Å². The lowest BCUT2D eigenvalue weighted by Crippen LogP contribution is -2.39. The SMILES string of the molecule is C[Si](C)(C)ON(c1ccccc1)C(C#Cc1ccccc1)c1ccccc1. The van der Waals surface area contributed by atoms with Gasteiger partial charge in [0.05, 0.1) is 5.69 Å². The average molecular weight is 372 g/mol. The summed E-state index contributed by atoms with van der Waals surface area (Å²) in [7, 11) is -1.85. The molecule has 0 saturated carbocycles. The molecule has 0 saturated heterocycles. The molecule has 0 aliphatic heterocycles. The molecule has 27 heavy (non-hydrogen) atoms. The molecule has 0 aliphatic rings. The molecule has 3 aromatic rings. The van der Waals surface area contributed by atoms with Gasteiger partial charge in [-0.05, 0) is 49.5 Å². The zero-order valence-electron chi connectivity index (χ0n) is 16.1. The summed E-state index contributed by atoms with van der Waals surface area (Å²) in [4.78, 5) is 0. The maximum atomic E-state index is 6.50. The highest BCUT2D eigenvalue weighted by Gasteiger charge is 2.27. The molecule has 2 nitrogen and oxygen atoms in total. The van der Waals surface area contributed by atoms with E-state index in [-0.39, 0.29) is 6.04 Å². The molecule has 0 heterocycles. The van der Waals surface area contributed by atoms with Crippen molar-refractivity contribution in [2.75, 3.05) is 5.06 Å². The summed E-state index contributed by atoms with van der Waals surface area (Å²) in [5, 5.41) is 1.98. The molecule has 136 valence electrons. The summed E-state index contributed by atoms with van der Waals surface area (Å²) < 4.78 is 6.50. The molecule has 1 unspecified atom stereocenters. The summed E-state index contributed by atoms with van der Waals surface area (Å²) in [5.74, 6) is 6.77. The zero-order chi connectivity index (χ0) is 19.1. The quantitative estimate of drug-likeness (QED) is 0.307. The van der Waals surface area contributed by atoms with Crippen LogP contribution in [0, 0.1) is 11.8 Å². The molecule has 3 rings (SSSR count). The number of hydrogen-bond acceptors (Lipinski definition) is 2. The summed E-state index contributed by atoms with van der Waals surface area (Å²) in [6.45, 7) is 6.57. The van der Waals surface area contributed by atoms with Gasteiger partial charge in [-0.2, -0.15) is 0 Å². The van der Waals surface area contributed by atoms with Crippen LogP contribution < -0.4 is 5.06 Å². The standard InChI is InChI=1S/C24H25NOSi/c1-27(2,3)26-25(23-17-11-6-12-18-23)24(22-15-9-5-10-16-22)20-19-21-13-7-4-8-14-21/h4-18,24H,1-3H3. The molecule has 0 radical (unpaired) electrons. The van der Waals surface area contributed by atoms with Crippen molar-refractivity contribution in [1.29, 1.82) is 0 Å². The number of benzene rings is 3. The van der Waals surface area contributed by atoms with E-state index in [1.807, 2.05) is 71.8 Å². The zero-order valence-corrected chi connectivity index (χ0v) is 17.1. The first-order valence-corrected chi connectivity index (χ1v) is 12.6. The van der Waals surface area contributed by atoms with Crippen LogP contribution >= 0.6 is 0 Å². The third kappa shape index (κ3) is 5.59. The smallest absolute Gasteiger partial charge is 0.220 e. The first-order chi connectivity index (χ1) is 13.0. The second-order valence-electron chi connectivity index (χ2n) is 7.31. The third-order valence-corrected chi connectivity index (χ3v) is 4.60. The molecule has 0 aliphatic carbocycles. The number of nitrogens with zero attached hydrogens (tertiary/aromatic N) is 1. The first-order valence-electron chi connectivity index (χ1n) is 9.18. The van der Waals surface area contributed by atoms with Gasteiger partial charge in [0, 0.05) is 5.56 Å². The lowest BCUT2D eigenvalue weighted by Gasteiger charge is -2.35. The lowest BCUT2D eigenvalue weighted by molar-refractivity contribution is 0.254. The van der Waals surface area contributed by atoms with Crippen LogP contribution in [0.4, 0.5) is 5.69 Å². The Kier molecular flexibility index (Phi) is 6.13. The molecular formula is C24H25NOSi. The monoisotopic (exact) mass is 371 g/mol. The maximum Gasteiger partial charge on any atom is 0.220 e. The van der Waals surface area contributed by atoms with Crippen molar-refractivity contribution in [3.8, 4) is 11.8 Å². The summed E-state index contributed by atoms with van der Waals surface area (Å²) in [6.07, 6.45) is 0. The van der Waals surface area contributed by atoms with Crippen LogP contribution in [0.5, 0.6) is 0 Å². The van der Waals surface area contributed by atoms with Crippen molar-refractivity contribution in [2.45, 2.75) is 25.7 Å². The van der Waals surface area contributed by atoms with E-state index in [1.165, 1.54) is 0 Å². The highest BCUT2D eigenvalue weighted by molar-refractivity contribution is 6.69. The van der Waals surface area contributed by atoms with Gasteiger partial charge in [0.25, 0.3) is 0 Å². The van der Waals surface area contributed by atoms with Gasteiger partial charge in [-0.15, -0.1) is 0 Å². The van der Waals surface area contributed by atoms with Crippen molar-refractivity contribution >= 4 is 14.0 Å². The molecule has 3 aromatic carbocycles. The van der Waals surface area contributed by atoms with Crippen LogP contribution in [-0.2, 0) is 4.53 Å². The van der Waals surface area contributed by atoms with Crippen molar-refractivity contribution in [3.63, 3.8) is 0 Å². The Morgan fingerprint density at radius 2 is 1.26 bits per heavy atom. The van der Waals surface area contributed by atoms with Crippen LogP contribution in [0.3, 0.4) is 0 Å². The van der Waals surface area contributed by atoms with Gasteiger partial charge in [0.2, 0.25) is 8.32 Å². The van der Waals surface area contributed by atoms with Gasteiger partial charge in [-0.1, -0.05) is 78.6 Å². The summed E-state index contributed by atoms with van der Waals surface area (Å²) in [6, 6.07) is 30.4. The van der Waals surface area contributed by atoms with Gasteiger partial charge in [0.1, 0.15) is 6.04 Å². The summed E-state index contributed by atoms with van der Waals surface area (Å²) in [5.41, 5.74) is 3.12. The van der Waals surface area contributed by atoms with Gasteiger partial charge in [-0.25, -0.2) is 5.06 Å². The fourth-order valence-electron chi connectivity index (χ4n) is 2.71. The fourth-order valence-corrected chi connectivity index (χ4v) is 3.51. The van der Waals surface area contributed by atoms with Crippen molar-refractivity contribution < 1.29 is 4.53 Å². The van der Waals surface area contributed by atoms with Crippen molar-refractivity contribution in [1.82, 2.24) is 0 Å². The van der Waals surface area contributed by atoms with E-state index in [0.717, 1.165) is 16.8 Å². The minimum Gasteiger partial charge on any atom is -0.319 e. The van der Waals surface area contributed by atoms with E-state index in [9.17, 15) is 0 Å². The summed E-state index contributed by atoms with van der Waals surface area (Å²) >= 11 is 0. The number of rotatable bonds is 5. The molecular weight excluding hydrogens is 346 g/mol. The Labute approximate surface area is 163 Å². The van der Waals surface area contributed by atoms with Gasteiger partial charge >= 0.3 is 0 Å². The van der Waals surface area contributed by atoms with Crippen LogP contribution in [-0.4, -0.2) is 8.32 Å². The molecule has 0 aromatic heterocycles. The van der Waals surface area contributed by atoms with Crippen LogP contribution in [0.25, 0.3) is 0 Å². The molecule has 3 heteroatoms.